The van der Waals surface area contributed by atoms with Crippen molar-refractivity contribution >= 4 is 10.9 Å². The zero-order valence-corrected chi connectivity index (χ0v) is 11.7. The van der Waals surface area contributed by atoms with E-state index < -0.39 is 0 Å². The maximum atomic E-state index is 6.09. The molecule has 0 aliphatic carbocycles. The van der Waals surface area contributed by atoms with E-state index in [1.165, 1.54) is 16.5 Å². The zero-order chi connectivity index (χ0) is 13.5. The Bertz CT molecular complexity index is 585. The predicted octanol–water partition coefficient (Wildman–Crippen LogP) is 3.06. The first kappa shape index (κ1) is 12.7. The molecule has 1 aromatic heterocycles. The molecule has 0 amide bonds. The van der Waals surface area contributed by atoms with Crippen LogP contribution in [-0.4, -0.2) is 16.3 Å². The summed E-state index contributed by atoms with van der Waals surface area (Å²) in [6.07, 6.45) is 4.74. The third-order valence-electron chi connectivity index (χ3n) is 4.05. The van der Waals surface area contributed by atoms with E-state index in [1.54, 1.807) is 0 Å². The highest BCUT2D eigenvalue weighted by Gasteiger charge is 2.31. The molecule has 1 unspecified atom stereocenters. The average Bonchev–Trinajstić information content (AvgIpc) is 2.93. The molecule has 0 bridgehead atoms. The fourth-order valence-electron chi connectivity index (χ4n) is 3.08. The van der Waals surface area contributed by atoms with Crippen molar-refractivity contribution in [2.24, 2.45) is 5.73 Å². The molecule has 1 aliphatic rings. The van der Waals surface area contributed by atoms with Crippen LogP contribution < -0.4 is 5.73 Å². The molecule has 2 aromatic rings. The maximum absolute atomic E-state index is 6.09. The fraction of sp³-hybridized carbons (Fsp3) is 0.500. The van der Waals surface area contributed by atoms with Gasteiger partial charge in [-0.25, -0.2) is 0 Å². The molecule has 0 saturated carbocycles. The van der Waals surface area contributed by atoms with Gasteiger partial charge in [0, 0.05) is 19.3 Å². The van der Waals surface area contributed by atoms with Gasteiger partial charge in [-0.1, -0.05) is 18.2 Å². The van der Waals surface area contributed by atoms with E-state index in [2.05, 4.69) is 48.9 Å². The number of hydrogen-bond donors (Lipinski definition) is 1. The second-order valence-electron chi connectivity index (χ2n) is 6.07. The van der Waals surface area contributed by atoms with Gasteiger partial charge in [-0.05, 0) is 43.7 Å². The van der Waals surface area contributed by atoms with Crippen LogP contribution in [0.15, 0.2) is 30.5 Å². The van der Waals surface area contributed by atoms with E-state index in [1.807, 2.05) is 0 Å². The van der Waals surface area contributed by atoms with Gasteiger partial charge >= 0.3 is 0 Å². The van der Waals surface area contributed by atoms with Gasteiger partial charge in [-0.2, -0.15) is 0 Å². The summed E-state index contributed by atoms with van der Waals surface area (Å²) in [7, 11) is 0. The summed E-state index contributed by atoms with van der Waals surface area (Å²) in [5.41, 5.74) is 8.35. The molecule has 19 heavy (non-hydrogen) atoms. The standard InChI is InChI=1S/C16H22N2O/c1-16(2)8-6-14(19-16)11-18-9-7-12-4-3-5-13(10-17)15(12)18/h3-5,7,9,14H,6,8,10-11,17H2,1-2H3. The first-order valence-corrected chi connectivity index (χ1v) is 7.04. The van der Waals surface area contributed by atoms with Crippen LogP contribution in [0.5, 0.6) is 0 Å². The van der Waals surface area contributed by atoms with Crippen LogP contribution in [0.3, 0.4) is 0 Å². The summed E-state index contributed by atoms with van der Waals surface area (Å²) in [6.45, 7) is 5.85. The highest BCUT2D eigenvalue weighted by Crippen LogP contribution is 2.31. The Morgan fingerprint density at radius 1 is 1.37 bits per heavy atom. The van der Waals surface area contributed by atoms with Gasteiger partial charge in [-0.15, -0.1) is 0 Å². The van der Waals surface area contributed by atoms with Crippen LogP contribution in [0.4, 0.5) is 0 Å². The SMILES string of the molecule is CC1(C)CCC(Cn2ccc3cccc(CN)c32)O1. The third kappa shape index (κ3) is 2.40. The van der Waals surface area contributed by atoms with Crippen LogP contribution in [0.1, 0.15) is 32.3 Å². The van der Waals surface area contributed by atoms with Crippen molar-refractivity contribution in [1.82, 2.24) is 4.57 Å². The molecule has 1 atom stereocenters. The number of nitrogens with zero attached hydrogens (tertiary/aromatic N) is 1. The minimum Gasteiger partial charge on any atom is -0.370 e. The van der Waals surface area contributed by atoms with Crippen LogP contribution in [0.2, 0.25) is 0 Å². The molecular formula is C16H22N2O. The minimum absolute atomic E-state index is 0.0321. The average molecular weight is 258 g/mol. The predicted molar refractivity (Wildman–Crippen MR) is 78.0 cm³/mol. The summed E-state index contributed by atoms with van der Waals surface area (Å²) in [5, 5.41) is 1.26. The molecule has 1 fully saturated rings. The molecule has 2 heterocycles. The zero-order valence-electron chi connectivity index (χ0n) is 11.7. The Kier molecular flexibility index (Phi) is 3.11. The van der Waals surface area contributed by atoms with Gasteiger partial charge in [0.2, 0.25) is 0 Å². The Labute approximate surface area is 114 Å². The number of para-hydroxylation sites is 1. The lowest BCUT2D eigenvalue weighted by atomic mass is 10.1. The van der Waals surface area contributed by atoms with Crippen molar-refractivity contribution in [1.29, 1.82) is 0 Å². The monoisotopic (exact) mass is 258 g/mol. The summed E-state index contributed by atoms with van der Waals surface area (Å²) in [5.74, 6) is 0. The van der Waals surface area contributed by atoms with Crippen LogP contribution in [0, 0.1) is 0 Å². The van der Waals surface area contributed by atoms with Crippen molar-refractivity contribution in [2.75, 3.05) is 0 Å². The lowest BCUT2D eigenvalue weighted by Crippen LogP contribution is -2.22. The van der Waals surface area contributed by atoms with E-state index in [0.717, 1.165) is 19.4 Å². The van der Waals surface area contributed by atoms with Gasteiger partial charge in [-0.3, -0.25) is 0 Å². The summed E-state index contributed by atoms with van der Waals surface area (Å²) in [6, 6.07) is 8.49. The normalized spacial score (nSPS) is 22.2. The minimum atomic E-state index is 0.0321. The molecule has 0 radical (unpaired) electrons. The van der Waals surface area contributed by atoms with Crippen LogP contribution >= 0.6 is 0 Å². The van der Waals surface area contributed by atoms with Crippen molar-refractivity contribution < 1.29 is 4.74 Å². The fourth-order valence-corrected chi connectivity index (χ4v) is 3.08. The number of nitrogens with two attached hydrogens (primary N) is 1. The van der Waals surface area contributed by atoms with Gasteiger partial charge < -0.3 is 15.0 Å². The molecule has 1 aliphatic heterocycles. The van der Waals surface area contributed by atoms with E-state index in [0.29, 0.717) is 12.6 Å². The highest BCUT2D eigenvalue weighted by molar-refractivity contribution is 5.83. The Balaban J connectivity index is 1.89. The largest absolute Gasteiger partial charge is 0.370 e. The lowest BCUT2D eigenvalue weighted by Gasteiger charge is -2.20. The number of hydrogen-bond acceptors (Lipinski definition) is 2. The maximum Gasteiger partial charge on any atom is 0.0762 e. The van der Waals surface area contributed by atoms with Crippen LogP contribution in [-0.2, 0) is 17.8 Å². The lowest BCUT2D eigenvalue weighted by molar-refractivity contribution is -0.0212. The molecule has 1 aromatic carbocycles. The van der Waals surface area contributed by atoms with E-state index in [4.69, 9.17) is 10.5 Å². The highest BCUT2D eigenvalue weighted by atomic mass is 16.5. The Morgan fingerprint density at radius 2 is 2.21 bits per heavy atom. The first-order chi connectivity index (χ1) is 9.09. The van der Waals surface area contributed by atoms with E-state index in [9.17, 15) is 0 Å². The third-order valence-corrected chi connectivity index (χ3v) is 4.05. The molecule has 3 nitrogen and oxygen atoms in total. The number of fused-ring (bicyclic) bond motifs is 1. The van der Waals surface area contributed by atoms with Gasteiger partial charge in [0.05, 0.1) is 17.2 Å². The molecule has 3 rings (SSSR count). The quantitative estimate of drug-likeness (QED) is 0.919. The summed E-state index contributed by atoms with van der Waals surface area (Å²) in [4.78, 5) is 0. The van der Waals surface area contributed by atoms with Crippen molar-refractivity contribution in [3.05, 3.63) is 36.0 Å². The van der Waals surface area contributed by atoms with Crippen molar-refractivity contribution in [3.63, 3.8) is 0 Å². The van der Waals surface area contributed by atoms with Gasteiger partial charge in [0.25, 0.3) is 0 Å². The molecule has 2 N–H and O–H groups in total. The van der Waals surface area contributed by atoms with Gasteiger partial charge in [0.15, 0.2) is 0 Å². The molecular weight excluding hydrogens is 236 g/mol. The smallest absolute Gasteiger partial charge is 0.0762 e. The van der Waals surface area contributed by atoms with Crippen molar-refractivity contribution in [3.8, 4) is 0 Å². The second kappa shape index (κ2) is 4.66. The molecule has 0 spiro atoms. The summed E-state index contributed by atoms with van der Waals surface area (Å²) >= 11 is 0. The Hall–Kier alpha value is -1.32. The Morgan fingerprint density at radius 3 is 2.89 bits per heavy atom. The number of ether oxygens (including phenoxy) is 1. The van der Waals surface area contributed by atoms with Crippen molar-refractivity contribution in [2.45, 2.75) is 51.5 Å². The molecule has 1 saturated heterocycles. The molecule has 3 heteroatoms. The molecule has 102 valence electrons. The number of benzene rings is 1. The second-order valence-corrected chi connectivity index (χ2v) is 6.07. The van der Waals surface area contributed by atoms with Crippen LogP contribution in [0.25, 0.3) is 10.9 Å². The van der Waals surface area contributed by atoms with Gasteiger partial charge in [0.1, 0.15) is 0 Å². The summed E-state index contributed by atoms with van der Waals surface area (Å²) < 4.78 is 8.39. The topological polar surface area (TPSA) is 40.2 Å². The number of rotatable bonds is 3. The first-order valence-electron chi connectivity index (χ1n) is 7.04. The number of aromatic nitrogens is 1. The van der Waals surface area contributed by atoms with E-state index >= 15 is 0 Å². The van der Waals surface area contributed by atoms with E-state index in [-0.39, 0.29) is 5.60 Å².